The van der Waals surface area contributed by atoms with E-state index >= 15 is 0 Å². The molecule has 6 nitrogen and oxygen atoms in total. The van der Waals surface area contributed by atoms with Crippen LogP contribution in [0, 0.1) is 19.8 Å². The Labute approximate surface area is 164 Å². The number of ether oxygens (including phenoxy) is 1. The molecule has 2 aliphatic heterocycles. The summed E-state index contributed by atoms with van der Waals surface area (Å²) in [5.41, 5.74) is 1.28. The molecule has 2 atom stereocenters. The third-order valence-corrected chi connectivity index (χ3v) is 6.94. The number of carbonyl (C=O) groups is 1. The highest BCUT2D eigenvalue weighted by Gasteiger charge is 2.33. The number of thiophene rings is 1. The van der Waals surface area contributed by atoms with Gasteiger partial charge in [0.2, 0.25) is 5.91 Å². The van der Waals surface area contributed by atoms with Crippen molar-refractivity contribution in [1.82, 2.24) is 14.9 Å². The fourth-order valence-electron chi connectivity index (χ4n) is 4.36. The van der Waals surface area contributed by atoms with Gasteiger partial charge in [0.1, 0.15) is 17.0 Å². The normalized spacial score (nSPS) is 24.6. The van der Waals surface area contributed by atoms with Crippen LogP contribution in [0.15, 0.2) is 6.33 Å². The van der Waals surface area contributed by atoms with E-state index in [0.29, 0.717) is 19.0 Å². The van der Waals surface area contributed by atoms with Crippen molar-refractivity contribution in [2.45, 2.75) is 52.7 Å². The number of morpholine rings is 1. The molecule has 1 amide bonds. The largest absolute Gasteiger partial charge is 0.372 e. The lowest BCUT2D eigenvalue weighted by Gasteiger charge is -2.39. The van der Waals surface area contributed by atoms with E-state index in [0.717, 1.165) is 36.6 Å². The zero-order chi connectivity index (χ0) is 19.1. The van der Waals surface area contributed by atoms with Crippen molar-refractivity contribution in [3.05, 3.63) is 16.8 Å². The summed E-state index contributed by atoms with van der Waals surface area (Å²) in [6.45, 7) is 11.5. The molecular formula is C20H28N4O2S. The predicted octanol–water partition coefficient (Wildman–Crippen LogP) is 3.16. The molecule has 2 fully saturated rings. The van der Waals surface area contributed by atoms with Crippen molar-refractivity contribution in [2.75, 3.05) is 31.1 Å². The van der Waals surface area contributed by atoms with Gasteiger partial charge in [-0.2, -0.15) is 0 Å². The number of carbonyl (C=O) groups excluding carboxylic acids is 1. The van der Waals surface area contributed by atoms with Crippen LogP contribution < -0.4 is 4.90 Å². The highest BCUT2D eigenvalue weighted by Crippen LogP contribution is 2.35. The lowest BCUT2D eigenvalue weighted by molar-refractivity contribution is -0.148. The van der Waals surface area contributed by atoms with Crippen molar-refractivity contribution >= 4 is 33.3 Å². The topological polar surface area (TPSA) is 58.6 Å². The molecule has 0 saturated carbocycles. The summed E-state index contributed by atoms with van der Waals surface area (Å²) in [5.74, 6) is 1.44. The van der Waals surface area contributed by atoms with Crippen molar-refractivity contribution in [2.24, 2.45) is 5.92 Å². The molecule has 0 N–H and O–H groups in total. The molecule has 0 spiro atoms. The van der Waals surface area contributed by atoms with Gasteiger partial charge in [-0.25, -0.2) is 9.97 Å². The third kappa shape index (κ3) is 3.55. The second-order valence-electron chi connectivity index (χ2n) is 7.92. The Morgan fingerprint density at radius 1 is 1.15 bits per heavy atom. The van der Waals surface area contributed by atoms with Gasteiger partial charge in [-0.05, 0) is 46.1 Å². The highest BCUT2D eigenvalue weighted by atomic mass is 32.1. The maximum Gasteiger partial charge on any atom is 0.225 e. The molecule has 146 valence electrons. The minimum atomic E-state index is 0.112. The summed E-state index contributed by atoms with van der Waals surface area (Å²) in [7, 11) is 0. The average molecular weight is 389 g/mol. The molecule has 0 radical (unpaired) electrons. The zero-order valence-electron chi connectivity index (χ0n) is 16.6. The number of nitrogens with zero attached hydrogens (tertiary/aromatic N) is 4. The number of rotatable bonds is 2. The van der Waals surface area contributed by atoms with Gasteiger partial charge >= 0.3 is 0 Å². The first-order valence-electron chi connectivity index (χ1n) is 9.84. The van der Waals surface area contributed by atoms with Gasteiger partial charge in [0, 0.05) is 37.0 Å². The smallest absolute Gasteiger partial charge is 0.225 e. The number of hydrogen-bond donors (Lipinski definition) is 0. The Hall–Kier alpha value is -1.73. The van der Waals surface area contributed by atoms with Crippen LogP contribution in [-0.4, -0.2) is 59.2 Å². The van der Waals surface area contributed by atoms with E-state index in [-0.39, 0.29) is 18.1 Å². The SMILES string of the molecule is Cc1sc2ncnc(N3CCC(C(=O)N4CC(C)OC(C)C4)CC3)c2c1C. The molecule has 2 aromatic heterocycles. The van der Waals surface area contributed by atoms with E-state index in [1.807, 2.05) is 18.7 Å². The van der Waals surface area contributed by atoms with E-state index in [2.05, 4.69) is 28.7 Å². The first kappa shape index (κ1) is 18.6. The summed E-state index contributed by atoms with van der Waals surface area (Å²) in [6, 6.07) is 0. The summed E-state index contributed by atoms with van der Waals surface area (Å²) in [5, 5.41) is 1.18. The Balaban J connectivity index is 1.46. The lowest BCUT2D eigenvalue weighted by atomic mass is 9.94. The quantitative estimate of drug-likeness (QED) is 0.791. The van der Waals surface area contributed by atoms with Gasteiger partial charge < -0.3 is 14.5 Å². The fraction of sp³-hybridized carbons (Fsp3) is 0.650. The number of anilines is 1. The van der Waals surface area contributed by atoms with Crippen LogP contribution in [0.5, 0.6) is 0 Å². The number of fused-ring (bicyclic) bond motifs is 1. The third-order valence-electron chi connectivity index (χ3n) is 5.82. The maximum atomic E-state index is 13.0. The molecular weight excluding hydrogens is 360 g/mol. The molecule has 2 aromatic rings. The maximum absolute atomic E-state index is 13.0. The van der Waals surface area contributed by atoms with Gasteiger partial charge in [-0.1, -0.05) is 0 Å². The molecule has 4 rings (SSSR count). The first-order valence-corrected chi connectivity index (χ1v) is 10.7. The van der Waals surface area contributed by atoms with Gasteiger partial charge in [0.05, 0.1) is 17.6 Å². The molecule has 4 heterocycles. The average Bonchev–Trinajstić information content (AvgIpc) is 2.95. The van der Waals surface area contributed by atoms with Gasteiger partial charge in [-0.15, -0.1) is 11.3 Å². The van der Waals surface area contributed by atoms with Crippen LogP contribution in [0.4, 0.5) is 5.82 Å². The van der Waals surface area contributed by atoms with Crippen molar-refractivity contribution in [1.29, 1.82) is 0 Å². The Kier molecular flexibility index (Phi) is 5.07. The Morgan fingerprint density at radius 3 is 2.48 bits per heavy atom. The van der Waals surface area contributed by atoms with E-state index in [4.69, 9.17) is 4.74 Å². The minimum Gasteiger partial charge on any atom is -0.372 e. The van der Waals surface area contributed by atoms with Crippen molar-refractivity contribution in [3.8, 4) is 0 Å². The molecule has 2 saturated heterocycles. The molecule has 2 aliphatic rings. The highest BCUT2D eigenvalue weighted by molar-refractivity contribution is 7.18. The van der Waals surface area contributed by atoms with E-state index < -0.39 is 0 Å². The predicted molar refractivity (Wildman–Crippen MR) is 108 cm³/mol. The zero-order valence-corrected chi connectivity index (χ0v) is 17.4. The monoisotopic (exact) mass is 388 g/mol. The van der Waals surface area contributed by atoms with Crippen LogP contribution >= 0.6 is 11.3 Å². The number of amides is 1. The van der Waals surface area contributed by atoms with E-state index in [1.165, 1.54) is 15.8 Å². The fourth-order valence-corrected chi connectivity index (χ4v) is 5.35. The van der Waals surface area contributed by atoms with Gasteiger partial charge in [0.15, 0.2) is 0 Å². The summed E-state index contributed by atoms with van der Waals surface area (Å²) < 4.78 is 5.77. The number of piperidine rings is 1. The van der Waals surface area contributed by atoms with Gasteiger partial charge in [-0.3, -0.25) is 4.79 Å². The molecule has 2 unspecified atom stereocenters. The molecule has 27 heavy (non-hydrogen) atoms. The molecule has 0 aliphatic carbocycles. The van der Waals surface area contributed by atoms with Gasteiger partial charge in [0.25, 0.3) is 0 Å². The van der Waals surface area contributed by atoms with E-state index in [9.17, 15) is 4.79 Å². The van der Waals surface area contributed by atoms with Crippen molar-refractivity contribution < 1.29 is 9.53 Å². The van der Waals surface area contributed by atoms with Crippen LogP contribution in [0.1, 0.15) is 37.1 Å². The van der Waals surface area contributed by atoms with Crippen LogP contribution in [-0.2, 0) is 9.53 Å². The standard InChI is InChI=1S/C20H28N4O2S/c1-12-9-24(10-13(2)26-12)20(25)16-5-7-23(8-6-16)18-17-14(3)15(4)27-19(17)22-11-21-18/h11-13,16H,5-10H2,1-4H3. The van der Waals surface area contributed by atoms with Crippen molar-refractivity contribution in [3.63, 3.8) is 0 Å². The van der Waals surface area contributed by atoms with E-state index in [1.54, 1.807) is 17.7 Å². The number of aromatic nitrogens is 2. The van der Waals surface area contributed by atoms with Crippen LogP contribution in [0.3, 0.4) is 0 Å². The number of aryl methyl sites for hydroxylation is 2. The Morgan fingerprint density at radius 2 is 1.81 bits per heavy atom. The Bertz CT molecular complexity index is 834. The summed E-state index contributed by atoms with van der Waals surface area (Å²) in [6.07, 6.45) is 3.67. The molecule has 0 aromatic carbocycles. The van der Waals surface area contributed by atoms with Crippen LogP contribution in [0.2, 0.25) is 0 Å². The number of hydrogen-bond acceptors (Lipinski definition) is 6. The second kappa shape index (κ2) is 7.36. The molecule has 0 bridgehead atoms. The second-order valence-corrected chi connectivity index (χ2v) is 9.13. The first-order chi connectivity index (χ1) is 12.9. The minimum absolute atomic E-state index is 0.112. The summed E-state index contributed by atoms with van der Waals surface area (Å²) >= 11 is 1.73. The molecule has 7 heteroatoms. The summed E-state index contributed by atoms with van der Waals surface area (Å²) in [4.78, 5) is 28.7. The lowest BCUT2D eigenvalue weighted by Crippen LogP contribution is -2.51. The van der Waals surface area contributed by atoms with Crippen LogP contribution in [0.25, 0.3) is 10.2 Å².